The highest BCUT2D eigenvalue weighted by Gasteiger charge is 2.52. The lowest BCUT2D eigenvalue weighted by atomic mass is 9.12. The summed E-state index contributed by atoms with van der Waals surface area (Å²) in [4.78, 5) is 22.7. The SMILES string of the molecule is Fc1c(F)c(F)c([B-](c2c(F)c(F)c(F)c(F)c2F)(c2c(F)c(F)c(F)c(F)c2F)c2c(F)c(F)c(F)c(F)c2F)c(F)c1F.O=c1ccc2ccc([I+]c3ccc4ccc(=O)oc4c3)cc2o1. The second-order valence-corrected chi connectivity index (χ2v) is 16.8. The highest BCUT2D eigenvalue weighted by atomic mass is 127. The van der Waals surface area contributed by atoms with Crippen molar-refractivity contribution < 1.29 is 118 Å². The lowest BCUT2D eigenvalue weighted by Crippen LogP contribution is -3.61. The molecule has 0 radical (unpaired) electrons. The van der Waals surface area contributed by atoms with E-state index in [1.807, 2.05) is 36.4 Å². The van der Waals surface area contributed by atoms with Crippen molar-refractivity contribution in [1.29, 1.82) is 0 Å². The maximum absolute atomic E-state index is 15.4. The number of rotatable bonds is 6. The van der Waals surface area contributed by atoms with Gasteiger partial charge in [-0.25, -0.2) is 97.4 Å². The lowest BCUT2D eigenvalue weighted by molar-refractivity contribution is -0.597. The highest BCUT2D eigenvalue weighted by molar-refractivity contribution is 7.20. The first-order valence-electron chi connectivity index (χ1n) is 17.8. The van der Waals surface area contributed by atoms with E-state index in [4.69, 9.17) is 8.83 Å². The highest BCUT2D eigenvalue weighted by Crippen LogP contribution is 2.31. The van der Waals surface area contributed by atoms with Gasteiger partial charge in [0.25, 0.3) is 0 Å². The van der Waals surface area contributed by atoms with Crippen molar-refractivity contribution in [2.45, 2.75) is 0 Å². The first kappa shape index (κ1) is 49.1. The van der Waals surface area contributed by atoms with Crippen LogP contribution in [0.1, 0.15) is 0 Å². The number of hydrogen-bond acceptors (Lipinski definition) is 4. The molecule has 4 nitrogen and oxygen atoms in total. The Morgan fingerprint density at radius 1 is 0.294 bits per heavy atom. The van der Waals surface area contributed by atoms with Crippen molar-refractivity contribution >= 4 is 49.9 Å². The van der Waals surface area contributed by atoms with Crippen molar-refractivity contribution in [3.63, 3.8) is 0 Å². The summed E-state index contributed by atoms with van der Waals surface area (Å²) in [6, 6.07) is 18.2. The molecule has 0 saturated heterocycles. The summed E-state index contributed by atoms with van der Waals surface area (Å²) >= 11 is -0.465. The van der Waals surface area contributed by atoms with E-state index in [0.29, 0.717) is 11.2 Å². The molecule has 0 amide bonds. The molecule has 0 aliphatic carbocycles. The topological polar surface area (TPSA) is 60.4 Å². The van der Waals surface area contributed by atoms with Gasteiger partial charge >= 0.3 is 32.5 Å². The molecular formula is C42H10BF20IO4. The Bertz CT molecular complexity index is 3090. The molecule has 2 aromatic heterocycles. The third-order valence-electron chi connectivity index (χ3n) is 10.1. The first-order chi connectivity index (χ1) is 31.9. The summed E-state index contributed by atoms with van der Waals surface area (Å²) in [6.07, 6.45) is -7.22. The van der Waals surface area contributed by atoms with Gasteiger partial charge in [-0.05, 0) is 36.4 Å². The van der Waals surface area contributed by atoms with Gasteiger partial charge < -0.3 is 8.83 Å². The van der Waals surface area contributed by atoms with E-state index in [0.717, 1.165) is 17.9 Å². The van der Waals surface area contributed by atoms with Crippen LogP contribution >= 0.6 is 0 Å². The van der Waals surface area contributed by atoms with Crippen LogP contribution < -0.4 is 54.3 Å². The van der Waals surface area contributed by atoms with E-state index in [1.165, 1.54) is 12.1 Å². The van der Waals surface area contributed by atoms with Crippen LogP contribution in [0, 0.1) is 123 Å². The fourth-order valence-electron chi connectivity index (χ4n) is 7.19. The van der Waals surface area contributed by atoms with Crippen LogP contribution in [0.2, 0.25) is 0 Å². The van der Waals surface area contributed by atoms with Crippen molar-refractivity contribution in [3.8, 4) is 0 Å². The van der Waals surface area contributed by atoms with Crippen LogP contribution in [0.5, 0.6) is 0 Å². The Kier molecular flexibility index (Phi) is 13.0. The number of benzene rings is 6. The summed E-state index contributed by atoms with van der Waals surface area (Å²) in [5, 5.41) is 1.81. The average Bonchev–Trinajstić information content (AvgIpc) is 3.31. The Morgan fingerprint density at radius 2 is 0.500 bits per heavy atom. The van der Waals surface area contributed by atoms with Crippen molar-refractivity contribution in [3.05, 3.63) is 205 Å². The number of fused-ring (bicyclic) bond motifs is 2. The largest absolute Gasteiger partial charge is 0.423 e. The molecule has 8 rings (SSSR count). The van der Waals surface area contributed by atoms with E-state index in [9.17, 15) is 62.3 Å². The van der Waals surface area contributed by atoms with Crippen molar-refractivity contribution in [2.24, 2.45) is 0 Å². The van der Waals surface area contributed by atoms with Gasteiger partial charge in [-0.1, -0.05) is 0 Å². The van der Waals surface area contributed by atoms with Crippen molar-refractivity contribution in [1.82, 2.24) is 0 Å². The summed E-state index contributed by atoms with van der Waals surface area (Å²) < 4.78 is 307. The molecular weight excluding hydrogens is 1090 g/mol. The van der Waals surface area contributed by atoms with Gasteiger partial charge in [0.1, 0.15) is 63.8 Å². The lowest BCUT2D eigenvalue weighted by Gasteiger charge is -2.44. The maximum atomic E-state index is 15.4. The fourth-order valence-corrected chi connectivity index (χ4v) is 9.50. The van der Waals surface area contributed by atoms with Gasteiger partial charge in [-0.2, -0.15) is 0 Å². The third kappa shape index (κ3) is 7.70. The molecule has 0 bridgehead atoms. The number of halogens is 21. The molecule has 8 aromatic rings. The molecule has 68 heavy (non-hydrogen) atoms. The van der Waals surface area contributed by atoms with E-state index < -0.39 is 166 Å². The predicted molar refractivity (Wildman–Crippen MR) is 192 cm³/mol. The Hall–Kier alpha value is -6.87. The predicted octanol–water partition coefficient (Wildman–Crippen LogP) is 5.87. The molecule has 0 aliphatic heterocycles. The monoisotopic (exact) mass is 1100 g/mol. The molecule has 0 aliphatic rings. The van der Waals surface area contributed by atoms with Crippen LogP contribution in [0.25, 0.3) is 21.9 Å². The second kappa shape index (κ2) is 18.0. The molecule has 26 heteroatoms. The van der Waals surface area contributed by atoms with Crippen LogP contribution in [-0.4, -0.2) is 6.15 Å². The van der Waals surface area contributed by atoms with Gasteiger partial charge in [0.2, 0.25) is 0 Å². The molecule has 0 fully saturated rings. The van der Waals surface area contributed by atoms with Crippen LogP contribution in [0.3, 0.4) is 0 Å². The first-order valence-corrected chi connectivity index (χ1v) is 20.0. The Morgan fingerprint density at radius 3 is 0.735 bits per heavy atom. The van der Waals surface area contributed by atoms with Gasteiger partial charge in [0.15, 0.2) is 76.9 Å². The van der Waals surface area contributed by atoms with Crippen LogP contribution in [-0.2, 0) is 0 Å². The molecule has 0 spiro atoms. The van der Waals surface area contributed by atoms with Crippen LogP contribution in [0.15, 0.2) is 79.1 Å². The minimum absolute atomic E-state index is 0.347. The smallest absolute Gasteiger partial charge is 0.358 e. The summed E-state index contributed by atoms with van der Waals surface area (Å²) in [7, 11) is 0. The van der Waals surface area contributed by atoms with E-state index >= 15 is 35.1 Å². The molecule has 0 unspecified atom stereocenters. The zero-order valence-corrected chi connectivity index (χ0v) is 34.1. The standard InChI is InChI=1S/C24BF20.C18H10IO4/c26-5-1(6(27)14(35)21(42)13(5)34)25(2-7(28)15(36)22(43)16(37)8(2)29,3-9(30)17(38)23(44)18(39)10(3)31)4-11(32)19(40)24(45)20(41)12(4)33;20-17-7-3-11-1-5-13(9-15(11)22-17)19-14-6-2-12-4-8-18(21)23-16(12)10-14/h;1-10H/q-1;+1. The molecule has 0 N–H and O–H groups in total. The summed E-state index contributed by atoms with van der Waals surface area (Å²) in [6.45, 7) is 0. The van der Waals surface area contributed by atoms with Gasteiger partial charge in [-0.15, -0.1) is 21.9 Å². The Labute approximate surface area is 371 Å². The minimum atomic E-state index is -7.22. The van der Waals surface area contributed by atoms with E-state index in [2.05, 4.69) is 0 Å². The second-order valence-electron chi connectivity index (χ2n) is 13.8. The van der Waals surface area contributed by atoms with Gasteiger partial charge in [-0.3, -0.25) is 0 Å². The number of hydrogen-bond donors (Lipinski definition) is 0. The normalized spacial score (nSPS) is 11.7. The fraction of sp³-hybridized carbons (Fsp3) is 0. The average molecular weight is 1100 g/mol. The molecule has 352 valence electrons. The van der Waals surface area contributed by atoms with E-state index in [1.54, 1.807) is 12.1 Å². The van der Waals surface area contributed by atoms with Gasteiger partial charge in [0.05, 0.1) is 0 Å². The summed E-state index contributed by atoms with van der Waals surface area (Å²) in [5.41, 5.74) is -13.8. The zero-order valence-electron chi connectivity index (χ0n) is 31.9. The Balaban J connectivity index is 0.000000246. The van der Waals surface area contributed by atoms with Crippen molar-refractivity contribution in [2.75, 3.05) is 0 Å². The maximum Gasteiger partial charge on any atom is 0.358 e. The van der Waals surface area contributed by atoms with E-state index in [-0.39, 0.29) is 11.3 Å². The third-order valence-corrected chi connectivity index (χ3v) is 12.7. The van der Waals surface area contributed by atoms with Gasteiger partial charge in [0, 0.05) is 35.0 Å². The molecule has 2 heterocycles. The minimum Gasteiger partial charge on any atom is -0.423 e. The summed E-state index contributed by atoms with van der Waals surface area (Å²) in [5.74, 6) is -71.4. The zero-order chi connectivity index (χ0) is 50.2. The molecule has 6 aromatic carbocycles. The molecule has 0 saturated carbocycles. The van der Waals surface area contributed by atoms with Crippen LogP contribution in [0.4, 0.5) is 87.8 Å². The quantitative estimate of drug-likeness (QED) is 0.0523. The molecule has 0 atom stereocenters.